The molecule has 0 saturated carbocycles. The Bertz CT molecular complexity index is 1990. The molecule has 3 heterocycles. The van der Waals surface area contributed by atoms with Crippen molar-refractivity contribution in [1.29, 1.82) is 0 Å². The van der Waals surface area contributed by atoms with Gasteiger partial charge in [-0.3, -0.25) is 4.90 Å². The van der Waals surface area contributed by atoms with Crippen LogP contribution in [0.1, 0.15) is 35.8 Å². The Balaban J connectivity index is 0.000000319. The number of hydrogen-bond donors (Lipinski definition) is 2. The highest BCUT2D eigenvalue weighted by molar-refractivity contribution is 7.21. The molecule has 1 aliphatic carbocycles. The van der Waals surface area contributed by atoms with Crippen LogP contribution in [0.4, 0.5) is 5.69 Å². The highest BCUT2D eigenvalue weighted by atomic mass is 32.1. The minimum atomic E-state index is 0.589. The molecule has 0 atom stereocenters. The van der Waals surface area contributed by atoms with Crippen molar-refractivity contribution in [2.24, 2.45) is 11.5 Å². The summed E-state index contributed by atoms with van der Waals surface area (Å²) >= 11 is 1.80. The van der Waals surface area contributed by atoms with Crippen LogP contribution in [0.15, 0.2) is 146 Å². The summed E-state index contributed by atoms with van der Waals surface area (Å²) in [5, 5.41) is 3.69. The van der Waals surface area contributed by atoms with Gasteiger partial charge in [0.25, 0.3) is 0 Å². The summed E-state index contributed by atoms with van der Waals surface area (Å²) in [6.07, 6.45) is 14.9. The Labute approximate surface area is 257 Å². The molecule has 0 radical (unpaired) electrons. The van der Waals surface area contributed by atoms with Gasteiger partial charge in [-0.05, 0) is 65.4 Å². The number of benzene rings is 4. The maximum atomic E-state index is 6.36. The van der Waals surface area contributed by atoms with E-state index in [2.05, 4.69) is 116 Å². The van der Waals surface area contributed by atoms with Crippen LogP contribution < -0.4 is 16.4 Å². The first kappa shape index (κ1) is 28.1. The Kier molecular flexibility index (Phi) is 7.86. The number of nitrogens with zero attached hydrogens (tertiary/aromatic N) is 1. The van der Waals surface area contributed by atoms with Gasteiger partial charge in [-0.2, -0.15) is 0 Å². The van der Waals surface area contributed by atoms with Gasteiger partial charge in [0.1, 0.15) is 5.82 Å². The van der Waals surface area contributed by atoms with E-state index in [1.54, 1.807) is 17.4 Å². The average molecular weight is 578 g/mol. The zero-order valence-electron chi connectivity index (χ0n) is 24.4. The first-order chi connectivity index (χ1) is 21.0. The minimum absolute atomic E-state index is 0.589. The summed E-state index contributed by atoms with van der Waals surface area (Å²) in [6.45, 7) is 9.78. The fraction of sp³-hybridized carbons (Fsp3) is 0.0769. The maximum Gasteiger partial charge on any atom is 0.134 e. The molecule has 0 unspecified atom stereocenters. The van der Waals surface area contributed by atoms with Crippen LogP contribution in [0.2, 0.25) is 0 Å². The second-order valence-electron chi connectivity index (χ2n) is 10.6. The van der Waals surface area contributed by atoms with Crippen molar-refractivity contribution in [1.82, 2.24) is 0 Å². The van der Waals surface area contributed by atoms with Gasteiger partial charge in [0.2, 0.25) is 0 Å². The van der Waals surface area contributed by atoms with E-state index < -0.39 is 0 Å². The van der Waals surface area contributed by atoms with Crippen molar-refractivity contribution >= 4 is 49.5 Å². The maximum absolute atomic E-state index is 6.36. The number of hydrogen-bond acceptors (Lipinski definition) is 4. The van der Waals surface area contributed by atoms with Gasteiger partial charge in [-0.15, -0.1) is 17.9 Å². The van der Waals surface area contributed by atoms with Crippen molar-refractivity contribution in [2.75, 3.05) is 4.90 Å². The number of allylic oxidation sites excluding steroid dienone is 5. The zero-order valence-corrected chi connectivity index (χ0v) is 25.2. The summed E-state index contributed by atoms with van der Waals surface area (Å²) in [4.78, 5) is 3.20. The van der Waals surface area contributed by atoms with Crippen LogP contribution in [0.25, 0.3) is 43.6 Å². The SMILES string of the molecule is C1=CCCC=C1.C=C1c2ccccc2N2C(N)=C(N)/C2=C/c2c1sc1c(-c3ccc4ccccc4c3)cccc21.C=CC. The highest BCUT2D eigenvalue weighted by Gasteiger charge is 2.34. The molecule has 0 amide bonds. The van der Waals surface area contributed by atoms with Gasteiger partial charge >= 0.3 is 0 Å². The minimum Gasteiger partial charge on any atom is -0.394 e. The second kappa shape index (κ2) is 12.0. The number of anilines is 1. The molecule has 0 saturated heterocycles. The molecule has 4 aromatic carbocycles. The van der Waals surface area contributed by atoms with Crippen LogP contribution >= 0.6 is 11.3 Å². The molecule has 1 aromatic heterocycles. The van der Waals surface area contributed by atoms with Crippen molar-refractivity contribution in [3.05, 3.63) is 162 Å². The number of fused-ring (bicyclic) bond motifs is 7. The Hall–Kier alpha value is -5.06. The van der Waals surface area contributed by atoms with E-state index >= 15 is 0 Å². The third-order valence-corrected chi connectivity index (χ3v) is 9.07. The smallest absolute Gasteiger partial charge is 0.134 e. The largest absolute Gasteiger partial charge is 0.394 e. The lowest BCUT2D eigenvalue weighted by Gasteiger charge is -2.39. The van der Waals surface area contributed by atoms with Gasteiger partial charge in [-0.25, -0.2) is 0 Å². The van der Waals surface area contributed by atoms with Crippen LogP contribution in [0.5, 0.6) is 0 Å². The fourth-order valence-electron chi connectivity index (χ4n) is 5.67. The Morgan fingerprint density at radius 2 is 1.49 bits per heavy atom. The molecule has 5 aromatic rings. The Morgan fingerprint density at radius 3 is 2.21 bits per heavy atom. The lowest BCUT2D eigenvalue weighted by molar-refractivity contribution is 0.919. The molecule has 212 valence electrons. The zero-order chi connectivity index (χ0) is 29.9. The predicted octanol–water partition coefficient (Wildman–Crippen LogP) is 10.1. The van der Waals surface area contributed by atoms with Gasteiger partial charge in [0.05, 0.1) is 17.1 Å². The van der Waals surface area contributed by atoms with E-state index in [0.29, 0.717) is 11.5 Å². The van der Waals surface area contributed by atoms with Crippen LogP contribution in [-0.2, 0) is 0 Å². The fourth-order valence-corrected chi connectivity index (χ4v) is 6.97. The summed E-state index contributed by atoms with van der Waals surface area (Å²) in [6, 6.07) is 30.0. The topological polar surface area (TPSA) is 55.3 Å². The molecule has 4 N–H and O–H groups in total. The van der Waals surface area contributed by atoms with Gasteiger partial charge in [0, 0.05) is 26.1 Å². The average Bonchev–Trinajstić information content (AvgIpc) is 3.43. The summed E-state index contributed by atoms with van der Waals surface area (Å²) in [5.74, 6) is 0.589. The number of nitrogens with two attached hydrogens (primary N) is 2. The number of para-hydroxylation sites is 1. The van der Waals surface area contributed by atoms with Crippen molar-refractivity contribution in [2.45, 2.75) is 19.8 Å². The van der Waals surface area contributed by atoms with Crippen LogP contribution in [-0.4, -0.2) is 0 Å². The van der Waals surface area contributed by atoms with E-state index in [9.17, 15) is 0 Å². The molecule has 4 heteroatoms. The third-order valence-electron chi connectivity index (χ3n) is 7.76. The summed E-state index contributed by atoms with van der Waals surface area (Å²) in [7, 11) is 0. The van der Waals surface area contributed by atoms with Gasteiger partial charge in [0.15, 0.2) is 0 Å². The molecule has 2 aliphatic heterocycles. The first-order valence-electron chi connectivity index (χ1n) is 14.5. The normalized spacial score (nSPS) is 15.8. The van der Waals surface area contributed by atoms with E-state index in [-0.39, 0.29) is 0 Å². The van der Waals surface area contributed by atoms with Gasteiger partial charge < -0.3 is 11.5 Å². The molecule has 0 bridgehead atoms. The predicted molar refractivity (Wildman–Crippen MR) is 189 cm³/mol. The molecule has 3 aliphatic rings. The molecule has 0 fully saturated rings. The molecule has 8 rings (SSSR count). The monoisotopic (exact) mass is 577 g/mol. The summed E-state index contributed by atoms with van der Waals surface area (Å²) < 4.78 is 1.25. The summed E-state index contributed by atoms with van der Waals surface area (Å²) in [5.41, 5.74) is 20.9. The molecule has 0 spiro atoms. The highest BCUT2D eigenvalue weighted by Crippen LogP contribution is 2.49. The molecule has 3 nitrogen and oxygen atoms in total. The van der Waals surface area contributed by atoms with E-state index in [1.165, 1.54) is 49.7 Å². The molecular formula is C39H35N3S. The van der Waals surface area contributed by atoms with E-state index in [4.69, 9.17) is 11.5 Å². The van der Waals surface area contributed by atoms with E-state index in [1.807, 2.05) is 24.0 Å². The second-order valence-corrected chi connectivity index (χ2v) is 11.6. The van der Waals surface area contributed by atoms with Crippen molar-refractivity contribution in [3.8, 4) is 11.1 Å². The standard InChI is InChI=1S/C30H21N3S.C6H8.C3H6/c1-17-21-9-4-5-12-25(21)33-26(27(31)30(33)32)16-24-23-11-6-10-22(29(23)34-28(17)24)20-14-13-18-7-2-3-8-19(18)15-20;1-2-4-6-5-3-1;1-3-2/h2-16H,1,31-32H2;1-4H,5-6H2;3H,1H2,2H3/b26-16-;;. The lowest BCUT2D eigenvalue weighted by atomic mass is 9.92. The van der Waals surface area contributed by atoms with Gasteiger partial charge in [-0.1, -0.05) is 110 Å². The van der Waals surface area contributed by atoms with E-state index in [0.717, 1.165) is 28.1 Å². The molecular weight excluding hydrogens is 543 g/mol. The first-order valence-corrected chi connectivity index (χ1v) is 15.3. The van der Waals surface area contributed by atoms with Crippen molar-refractivity contribution < 1.29 is 0 Å². The quantitative estimate of drug-likeness (QED) is 0.195. The third kappa shape index (κ3) is 5.11. The lowest BCUT2D eigenvalue weighted by Crippen LogP contribution is -2.42. The Morgan fingerprint density at radius 1 is 0.814 bits per heavy atom. The molecule has 43 heavy (non-hydrogen) atoms. The number of thiophene rings is 1. The van der Waals surface area contributed by atoms with Crippen LogP contribution in [0, 0.1) is 0 Å². The van der Waals surface area contributed by atoms with Crippen LogP contribution in [0.3, 0.4) is 0 Å². The van der Waals surface area contributed by atoms with Crippen molar-refractivity contribution in [3.63, 3.8) is 0 Å². The number of rotatable bonds is 1.